The first-order valence-corrected chi connectivity index (χ1v) is 10.8. The molecule has 0 bridgehead atoms. The highest BCUT2D eigenvalue weighted by Crippen LogP contribution is 2.25. The van der Waals surface area contributed by atoms with Crippen LogP contribution in [-0.2, 0) is 27.3 Å². The minimum absolute atomic E-state index is 0.221. The summed E-state index contributed by atoms with van der Waals surface area (Å²) in [5.74, 6) is -1.12. The van der Waals surface area contributed by atoms with Gasteiger partial charge >= 0.3 is 10.8 Å². The predicted molar refractivity (Wildman–Crippen MR) is 114 cm³/mol. The van der Waals surface area contributed by atoms with E-state index in [-0.39, 0.29) is 11.4 Å². The Labute approximate surface area is 176 Å². The van der Waals surface area contributed by atoms with Crippen LogP contribution in [-0.4, -0.2) is 27.5 Å². The van der Waals surface area contributed by atoms with E-state index in [2.05, 4.69) is 29.4 Å². The third-order valence-electron chi connectivity index (χ3n) is 4.33. The van der Waals surface area contributed by atoms with Gasteiger partial charge in [0.25, 0.3) is 5.91 Å². The fourth-order valence-corrected chi connectivity index (χ4v) is 4.05. The first-order chi connectivity index (χ1) is 13.9. The number of amides is 1. The molecule has 1 atom stereocenters. The molecular formula is C20H21N3O4S2. The maximum Gasteiger partial charge on any atom is 0.326 e. The predicted octanol–water partition coefficient (Wildman–Crippen LogP) is 3.47. The third kappa shape index (κ3) is 5.18. The summed E-state index contributed by atoms with van der Waals surface area (Å²) in [6.07, 6.45) is -0.0380. The van der Waals surface area contributed by atoms with Crippen LogP contribution in [0.2, 0.25) is 0 Å². The SMILES string of the molecule is CCc1ccc(-c2csc(NC(=O)[C@H](C)OC(=O)Cn3c(C)csc3=O)n2)cc1. The average molecular weight is 432 g/mol. The Hall–Kier alpha value is -2.78. The number of hydrogen-bond donors (Lipinski definition) is 1. The second-order valence-corrected chi connectivity index (χ2v) is 8.12. The molecule has 0 saturated heterocycles. The summed E-state index contributed by atoms with van der Waals surface area (Å²) in [6, 6.07) is 8.10. The maximum absolute atomic E-state index is 12.3. The van der Waals surface area contributed by atoms with Gasteiger partial charge in [0.05, 0.1) is 5.69 Å². The van der Waals surface area contributed by atoms with Crippen molar-refractivity contribution < 1.29 is 14.3 Å². The van der Waals surface area contributed by atoms with Gasteiger partial charge < -0.3 is 4.74 Å². The van der Waals surface area contributed by atoms with Crippen molar-refractivity contribution in [2.75, 3.05) is 5.32 Å². The molecular weight excluding hydrogens is 410 g/mol. The smallest absolute Gasteiger partial charge is 0.326 e. The van der Waals surface area contributed by atoms with Crippen molar-refractivity contribution in [1.29, 1.82) is 0 Å². The molecule has 3 aromatic rings. The van der Waals surface area contributed by atoms with Gasteiger partial charge in [0.15, 0.2) is 11.2 Å². The molecule has 2 heterocycles. The van der Waals surface area contributed by atoms with Gasteiger partial charge in [-0.1, -0.05) is 42.5 Å². The van der Waals surface area contributed by atoms with Gasteiger partial charge in [-0.15, -0.1) is 11.3 Å². The lowest BCUT2D eigenvalue weighted by Gasteiger charge is -2.12. The fraction of sp³-hybridized carbons (Fsp3) is 0.300. The Morgan fingerprint density at radius 2 is 1.93 bits per heavy atom. The largest absolute Gasteiger partial charge is 0.451 e. The summed E-state index contributed by atoms with van der Waals surface area (Å²) in [5, 5.41) is 6.62. The van der Waals surface area contributed by atoms with Crippen LogP contribution in [0.5, 0.6) is 0 Å². The van der Waals surface area contributed by atoms with E-state index in [0.717, 1.165) is 29.0 Å². The molecule has 152 valence electrons. The molecule has 9 heteroatoms. The van der Waals surface area contributed by atoms with E-state index in [4.69, 9.17) is 4.74 Å². The van der Waals surface area contributed by atoms with Gasteiger partial charge in [0.2, 0.25) is 0 Å². The second kappa shape index (κ2) is 9.15. The number of thiazole rings is 2. The number of carbonyl (C=O) groups is 2. The van der Waals surface area contributed by atoms with E-state index < -0.39 is 18.0 Å². The molecule has 0 spiro atoms. The molecule has 1 amide bonds. The van der Waals surface area contributed by atoms with Gasteiger partial charge in [0, 0.05) is 22.0 Å². The van der Waals surface area contributed by atoms with E-state index in [1.54, 1.807) is 12.3 Å². The van der Waals surface area contributed by atoms with Gasteiger partial charge in [-0.2, -0.15) is 0 Å². The maximum atomic E-state index is 12.3. The van der Waals surface area contributed by atoms with E-state index in [0.29, 0.717) is 10.8 Å². The quantitative estimate of drug-likeness (QED) is 0.579. The van der Waals surface area contributed by atoms with E-state index in [1.807, 2.05) is 17.5 Å². The molecule has 0 radical (unpaired) electrons. The number of aromatic nitrogens is 2. The van der Waals surface area contributed by atoms with Crippen LogP contribution in [0.1, 0.15) is 25.1 Å². The van der Waals surface area contributed by atoms with Crippen LogP contribution in [0.15, 0.2) is 39.8 Å². The number of rotatable bonds is 7. The summed E-state index contributed by atoms with van der Waals surface area (Å²) in [6.45, 7) is 5.09. The number of benzene rings is 1. The number of carbonyl (C=O) groups excluding carboxylic acids is 2. The number of ether oxygens (including phenoxy) is 1. The zero-order chi connectivity index (χ0) is 21.0. The van der Waals surface area contributed by atoms with Crippen molar-refractivity contribution in [3.63, 3.8) is 0 Å². The van der Waals surface area contributed by atoms with Gasteiger partial charge in [-0.25, -0.2) is 4.98 Å². The monoisotopic (exact) mass is 431 g/mol. The molecule has 7 nitrogen and oxygen atoms in total. The topological polar surface area (TPSA) is 90.3 Å². The van der Waals surface area contributed by atoms with Crippen LogP contribution in [0.3, 0.4) is 0 Å². The van der Waals surface area contributed by atoms with Gasteiger partial charge in [-0.05, 0) is 25.8 Å². The Kier molecular flexibility index (Phi) is 6.60. The highest BCUT2D eigenvalue weighted by molar-refractivity contribution is 7.14. The summed E-state index contributed by atoms with van der Waals surface area (Å²) in [7, 11) is 0. The third-order valence-corrected chi connectivity index (χ3v) is 5.97. The summed E-state index contributed by atoms with van der Waals surface area (Å²) in [4.78, 5) is 40.2. The lowest BCUT2D eigenvalue weighted by Crippen LogP contribution is -2.32. The molecule has 0 unspecified atom stereocenters. The second-order valence-electron chi connectivity index (χ2n) is 6.44. The molecule has 2 aromatic heterocycles. The van der Waals surface area contributed by atoms with E-state index >= 15 is 0 Å². The van der Waals surface area contributed by atoms with Crippen molar-refractivity contribution >= 4 is 39.7 Å². The average Bonchev–Trinajstić information content (AvgIpc) is 3.30. The first kappa shape index (κ1) is 20.9. The van der Waals surface area contributed by atoms with Gasteiger partial charge in [0.1, 0.15) is 6.54 Å². The molecule has 3 rings (SSSR count). The summed E-state index contributed by atoms with van der Waals surface area (Å²) >= 11 is 2.31. The van der Waals surface area contributed by atoms with Crippen LogP contribution >= 0.6 is 22.7 Å². The number of nitrogens with one attached hydrogen (secondary N) is 1. The summed E-state index contributed by atoms with van der Waals surface area (Å²) in [5.41, 5.74) is 3.66. The zero-order valence-corrected chi connectivity index (χ0v) is 17.9. The van der Waals surface area contributed by atoms with Crippen LogP contribution < -0.4 is 10.2 Å². The zero-order valence-electron chi connectivity index (χ0n) is 16.3. The first-order valence-electron chi connectivity index (χ1n) is 9.07. The number of aryl methyl sites for hydroxylation is 2. The van der Waals surface area contributed by atoms with Crippen LogP contribution in [0.25, 0.3) is 11.3 Å². The number of nitrogens with zero attached hydrogens (tertiary/aromatic N) is 2. The molecule has 0 saturated carbocycles. The van der Waals surface area contributed by atoms with Gasteiger partial charge in [-0.3, -0.25) is 24.3 Å². The lowest BCUT2D eigenvalue weighted by molar-refractivity contribution is -0.153. The summed E-state index contributed by atoms with van der Waals surface area (Å²) < 4.78 is 6.47. The van der Waals surface area contributed by atoms with E-state index in [1.165, 1.54) is 28.4 Å². The minimum atomic E-state index is -1.01. The number of anilines is 1. The Morgan fingerprint density at radius 1 is 1.21 bits per heavy atom. The van der Waals surface area contributed by atoms with Crippen molar-refractivity contribution in [3.05, 3.63) is 56.0 Å². The Morgan fingerprint density at radius 3 is 2.55 bits per heavy atom. The fourth-order valence-electron chi connectivity index (χ4n) is 2.60. The van der Waals surface area contributed by atoms with Crippen LogP contribution in [0, 0.1) is 6.92 Å². The molecule has 0 aliphatic rings. The molecule has 0 aliphatic carbocycles. The Balaban J connectivity index is 1.57. The Bertz CT molecular complexity index is 1070. The van der Waals surface area contributed by atoms with Crippen molar-refractivity contribution in [2.24, 2.45) is 0 Å². The molecule has 1 aromatic carbocycles. The molecule has 29 heavy (non-hydrogen) atoms. The number of hydrogen-bond acceptors (Lipinski definition) is 7. The van der Waals surface area contributed by atoms with Crippen molar-refractivity contribution in [3.8, 4) is 11.3 Å². The molecule has 1 N–H and O–H groups in total. The molecule has 0 aliphatic heterocycles. The molecule has 0 fully saturated rings. The van der Waals surface area contributed by atoms with Crippen molar-refractivity contribution in [1.82, 2.24) is 9.55 Å². The standard InChI is InChI=1S/C20H21N3O4S2/c1-4-14-5-7-15(8-6-14)16-11-28-19(21-16)22-18(25)13(3)27-17(24)9-23-12(2)10-29-20(23)26/h5-8,10-11,13H,4,9H2,1-3H3,(H,21,22,25)/t13-/m0/s1. The van der Waals surface area contributed by atoms with E-state index in [9.17, 15) is 14.4 Å². The minimum Gasteiger partial charge on any atom is -0.451 e. The highest BCUT2D eigenvalue weighted by Gasteiger charge is 2.20. The van der Waals surface area contributed by atoms with Crippen molar-refractivity contribution in [2.45, 2.75) is 39.8 Å². The number of esters is 1. The van der Waals surface area contributed by atoms with Crippen LogP contribution in [0.4, 0.5) is 5.13 Å². The highest BCUT2D eigenvalue weighted by atomic mass is 32.1. The normalized spacial score (nSPS) is 11.8. The lowest BCUT2D eigenvalue weighted by atomic mass is 10.1.